The first-order valence-electron chi connectivity index (χ1n) is 11.8. The first kappa shape index (κ1) is 28.7. The van der Waals surface area contributed by atoms with Gasteiger partial charge in [-0.2, -0.15) is 0 Å². The minimum atomic E-state index is -0.873. The third kappa shape index (κ3) is 7.71. The molecule has 5 nitrogen and oxygen atoms in total. The van der Waals surface area contributed by atoms with Crippen molar-refractivity contribution in [2.45, 2.75) is 31.8 Å². The first-order chi connectivity index (χ1) is 16.1. The molecule has 3 aromatic carbocycles. The van der Waals surface area contributed by atoms with Gasteiger partial charge >= 0.3 is 5.97 Å². The molecule has 0 unspecified atom stereocenters. The Labute approximate surface area is 220 Å². The van der Waals surface area contributed by atoms with Crippen LogP contribution in [0.2, 0.25) is 0 Å². The fourth-order valence-electron chi connectivity index (χ4n) is 4.42. The molecular formula is C28H34Cl2N2O3. The Morgan fingerprint density at radius 3 is 2.20 bits per heavy atom. The van der Waals surface area contributed by atoms with Crippen LogP contribution in [0.1, 0.15) is 46.9 Å². The lowest BCUT2D eigenvalue weighted by molar-refractivity contribution is 0.0697. The third-order valence-electron chi connectivity index (χ3n) is 6.32. The second-order valence-electron chi connectivity index (χ2n) is 8.66. The fourth-order valence-corrected chi connectivity index (χ4v) is 4.42. The van der Waals surface area contributed by atoms with Crippen LogP contribution in [-0.2, 0) is 6.42 Å². The fraction of sp³-hybridized carbons (Fsp3) is 0.321. The SMILES string of the molecule is Cl.Cl.O=C(O)c1ccc(-c2ccc(CCNC[C@H](O)c3ccccc3)cc2)cc1N1CCCCC1. The number of aliphatic hydroxyl groups is 1. The second-order valence-corrected chi connectivity index (χ2v) is 8.66. The topological polar surface area (TPSA) is 72.8 Å². The summed E-state index contributed by atoms with van der Waals surface area (Å²) in [6.45, 7) is 3.14. The number of halogens is 2. The molecule has 0 aliphatic carbocycles. The molecule has 1 heterocycles. The van der Waals surface area contributed by atoms with Crippen molar-refractivity contribution < 1.29 is 15.0 Å². The smallest absolute Gasteiger partial charge is 0.337 e. The Kier molecular flexibility index (Phi) is 11.5. The van der Waals surface area contributed by atoms with E-state index in [-0.39, 0.29) is 24.8 Å². The van der Waals surface area contributed by atoms with Gasteiger partial charge in [0.25, 0.3) is 0 Å². The molecule has 0 amide bonds. The lowest BCUT2D eigenvalue weighted by Gasteiger charge is -2.30. The molecule has 1 aliphatic heterocycles. The zero-order valence-corrected chi connectivity index (χ0v) is 21.4. The van der Waals surface area contributed by atoms with Gasteiger partial charge in [0.2, 0.25) is 0 Å². The largest absolute Gasteiger partial charge is 0.478 e. The van der Waals surface area contributed by atoms with Crippen LogP contribution in [0.5, 0.6) is 0 Å². The van der Waals surface area contributed by atoms with Gasteiger partial charge in [0.1, 0.15) is 0 Å². The standard InChI is InChI=1S/C28H32N2O3.2ClH/c31-27(23-7-3-1-4-8-23)20-29-16-15-21-9-11-22(12-10-21)24-13-14-25(28(32)33)26(19-24)30-17-5-2-6-18-30;;/h1,3-4,7-14,19,27,29,31H,2,5-6,15-18,20H2,(H,32,33);2*1H/t27-;;/m0../s1. The molecule has 0 spiro atoms. The van der Waals surface area contributed by atoms with Crippen LogP contribution in [0.15, 0.2) is 72.8 Å². The predicted molar refractivity (Wildman–Crippen MR) is 147 cm³/mol. The Balaban J connectivity index is 0.00000216. The van der Waals surface area contributed by atoms with E-state index in [1.807, 2.05) is 42.5 Å². The number of hydrogen-bond acceptors (Lipinski definition) is 4. The van der Waals surface area contributed by atoms with Crippen molar-refractivity contribution in [3.63, 3.8) is 0 Å². The number of aromatic carboxylic acids is 1. The summed E-state index contributed by atoms with van der Waals surface area (Å²) in [7, 11) is 0. The molecule has 188 valence electrons. The van der Waals surface area contributed by atoms with Crippen molar-refractivity contribution in [2.24, 2.45) is 0 Å². The van der Waals surface area contributed by atoms with Crippen molar-refractivity contribution in [1.29, 1.82) is 0 Å². The second kappa shape index (κ2) is 14.1. The molecule has 4 rings (SSSR count). The minimum Gasteiger partial charge on any atom is -0.478 e. The lowest BCUT2D eigenvalue weighted by atomic mass is 9.99. The van der Waals surface area contributed by atoms with Gasteiger partial charge in [0, 0.05) is 19.6 Å². The molecular weight excluding hydrogens is 483 g/mol. The average molecular weight is 517 g/mol. The Hall–Kier alpha value is -2.57. The molecule has 0 radical (unpaired) electrons. The van der Waals surface area contributed by atoms with E-state index in [0.717, 1.165) is 61.3 Å². The molecule has 0 aromatic heterocycles. The number of nitrogens with zero attached hydrogens (tertiary/aromatic N) is 1. The molecule has 1 fully saturated rings. The van der Waals surface area contributed by atoms with E-state index in [1.54, 1.807) is 6.07 Å². The number of anilines is 1. The summed E-state index contributed by atoms with van der Waals surface area (Å²) in [5.74, 6) is -0.873. The van der Waals surface area contributed by atoms with E-state index in [4.69, 9.17) is 0 Å². The number of hydrogen-bond donors (Lipinski definition) is 3. The van der Waals surface area contributed by atoms with Gasteiger partial charge < -0.3 is 20.4 Å². The van der Waals surface area contributed by atoms with Crippen molar-refractivity contribution in [3.8, 4) is 11.1 Å². The third-order valence-corrected chi connectivity index (χ3v) is 6.32. The lowest BCUT2D eigenvalue weighted by Crippen LogP contribution is -2.30. The maximum atomic E-state index is 11.8. The molecule has 1 aliphatic rings. The maximum absolute atomic E-state index is 11.8. The first-order valence-corrected chi connectivity index (χ1v) is 11.8. The predicted octanol–water partition coefficient (Wildman–Crippen LogP) is 5.75. The molecule has 7 heteroatoms. The number of carboxylic acids is 1. The minimum absolute atomic E-state index is 0. The molecule has 1 saturated heterocycles. The van der Waals surface area contributed by atoms with Crippen LogP contribution in [0.25, 0.3) is 11.1 Å². The average Bonchev–Trinajstić information content (AvgIpc) is 2.87. The number of benzene rings is 3. The van der Waals surface area contributed by atoms with E-state index in [9.17, 15) is 15.0 Å². The highest BCUT2D eigenvalue weighted by molar-refractivity contribution is 5.95. The van der Waals surface area contributed by atoms with Crippen molar-refractivity contribution in [3.05, 3.63) is 89.5 Å². The number of carbonyl (C=O) groups is 1. The van der Waals surface area contributed by atoms with E-state index in [0.29, 0.717) is 12.1 Å². The van der Waals surface area contributed by atoms with Crippen LogP contribution in [-0.4, -0.2) is 42.4 Å². The quantitative estimate of drug-likeness (QED) is 0.315. The Morgan fingerprint density at radius 1 is 0.886 bits per heavy atom. The van der Waals surface area contributed by atoms with Crippen LogP contribution in [0.3, 0.4) is 0 Å². The summed E-state index contributed by atoms with van der Waals surface area (Å²) >= 11 is 0. The Morgan fingerprint density at radius 2 is 1.54 bits per heavy atom. The number of piperidine rings is 1. The normalized spacial score (nSPS) is 13.9. The summed E-state index contributed by atoms with van der Waals surface area (Å²) in [6, 6.07) is 23.8. The number of rotatable bonds is 9. The maximum Gasteiger partial charge on any atom is 0.337 e. The summed E-state index contributed by atoms with van der Waals surface area (Å²) < 4.78 is 0. The van der Waals surface area contributed by atoms with Crippen LogP contribution >= 0.6 is 24.8 Å². The Bertz CT molecular complexity index is 1060. The van der Waals surface area contributed by atoms with Crippen molar-refractivity contribution >= 4 is 36.5 Å². The molecule has 0 saturated carbocycles. The van der Waals surface area contributed by atoms with Gasteiger partial charge in [-0.05, 0) is 66.6 Å². The van der Waals surface area contributed by atoms with Crippen LogP contribution in [0, 0.1) is 0 Å². The number of nitrogens with one attached hydrogen (secondary N) is 1. The summed E-state index contributed by atoms with van der Waals surface area (Å²) in [5, 5.41) is 23.2. The van der Waals surface area contributed by atoms with Gasteiger partial charge in [-0.1, -0.05) is 60.7 Å². The molecule has 3 N–H and O–H groups in total. The van der Waals surface area contributed by atoms with Crippen molar-refractivity contribution in [2.75, 3.05) is 31.1 Å². The zero-order chi connectivity index (χ0) is 23.0. The molecule has 0 bridgehead atoms. The highest BCUT2D eigenvalue weighted by atomic mass is 35.5. The van der Waals surface area contributed by atoms with Gasteiger partial charge in [-0.3, -0.25) is 0 Å². The molecule has 1 atom stereocenters. The summed E-state index contributed by atoms with van der Waals surface area (Å²) in [6.07, 6.45) is 3.79. The van der Waals surface area contributed by atoms with E-state index in [1.165, 1.54) is 12.0 Å². The number of aliphatic hydroxyl groups excluding tert-OH is 1. The van der Waals surface area contributed by atoms with Crippen molar-refractivity contribution in [1.82, 2.24) is 5.32 Å². The monoisotopic (exact) mass is 516 g/mol. The number of carboxylic acid groups (broad SMARTS) is 1. The molecule has 35 heavy (non-hydrogen) atoms. The van der Waals surface area contributed by atoms with Gasteiger partial charge in [0.05, 0.1) is 17.4 Å². The highest BCUT2D eigenvalue weighted by Gasteiger charge is 2.19. The van der Waals surface area contributed by atoms with E-state index < -0.39 is 12.1 Å². The van der Waals surface area contributed by atoms with E-state index in [2.05, 4.69) is 34.5 Å². The van der Waals surface area contributed by atoms with Crippen LogP contribution < -0.4 is 10.2 Å². The van der Waals surface area contributed by atoms with E-state index >= 15 is 0 Å². The molecule has 3 aromatic rings. The van der Waals surface area contributed by atoms with Gasteiger partial charge in [0.15, 0.2) is 0 Å². The summed E-state index contributed by atoms with van der Waals surface area (Å²) in [5.41, 5.74) is 5.47. The van der Waals surface area contributed by atoms with Gasteiger partial charge in [-0.25, -0.2) is 4.79 Å². The summed E-state index contributed by atoms with van der Waals surface area (Å²) in [4.78, 5) is 14.0. The van der Waals surface area contributed by atoms with Crippen LogP contribution in [0.4, 0.5) is 5.69 Å². The van der Waals surface area contributed by atoms with Gasteiger partial charge in [-0.15, -0.1) is 24.8 Å². The zero-order valence-electron chi connectivity index (χ0n) is 19.7. The highest BCUT2D eigenvalue weighted by Crippen LogP contribution is 2.30.